The number of hydrogen-bond acceptors (Lipinski definition) is 8. The van der Waals surface area contributed by atoms with Crippen LogP contribution in [0.2, 0.25) is 0 Å². The van der Waals surface area contributed by atoms with Crippen molar-refractivity contribution in [2.75, 3.05) is 46.5 Å². The Morgan fingerprint density at radius 2 is 1.59 bits per heavy atom. The molecule has 1 aliphatic heterocycles. The van der Waals surface area contributed by atoms with Gasteiger partial charge < -0.3 is 34.9 Å². The first kappa shape index (κ1) is 35.0. The third-order valence-corrected chi connectivity index (χ3v) is 8.70. The lowest BCUT2D eigenvalue weighted by Gasteiger charge is -2.27. The highest BCUT2D eigenvalue weighted by molar-refractivity contribution is 14.1. The van der Waals surface area contributed by atoms with Crippen LogP contribution < -0.4 is 15.4 Å². The predicted octanol–water partition coefficient (Wildman–Crippen LogP) is 3.83. The summed E-state index contributed by atoms with van der Waals surface area (Å²) in [6.07, 6.45) is 0.194. The number of rotatable bonds is 10. The van der Waals surface area contributed by atoms with Gasteiger partial charge in [-0.3, -0.25) is 9.59 Å². The van der Waals surface area contributed by atoms with Gasteiger partial charge in [0.05, 0.1) is 21.4 Å². The Morgan fingerprint density at radius 3 is 2.15 bits per heavy atom. The van der Waals surface area contributed by atoms with Crippen LogP contribution in [0.5, 0.6) is 17.2 Å². The van der Waals surface area contributed by atoms with E-state index in [1.807, 2.05) is 57.3 Å². The number of ether oxygens (including phenoxy) is 3. The van der Waals surface area contributed by atoms with Gasteiger partial charge in [0.15, 0.2) is 5.75 Å². The highest BCUT2D eigenvalue weighted by atomic mass is 127. The van der Waals surface area contributed by atoms with E-state index in [0.29, 0.717) is 31.7 Å². The standard InChI is InChI=1S/C24H25I4N3O7.BrH/c1-36-24(35)19(30-20(32)11-37-12-21(33)31-4-2-29-3-5-31)8-13-6-17(27)23(18(28)7-13)38-14-9-15(25)22(34)16(26)10-14;/h6-7,9-10,19,29,34H,2-5,8,11-12H2,1H3,(H,30,32);1H. The fourth-order valence-corrected chi connectivity index (χ4v) is 7.42. The summed E-state index contributed by atoms with van der Waals surface area (Å²) in [6, 6.07) is 6.32. The molecule has 0 aliphatic carbocycles. The smallest absolute Gasteiger partial charge is 0.328 e. The molecule has 2 aromatic rings. The highest BCUT2D eigenvalue weighted by Crippen LogP contribution is 2.37. The maximum Gasteiger partial charge on any atom is 0.328 e. The van der Waals surface area contributed by atoms with Gasteiger partial charge in [-0.25, -0.2) is 4.79 Å². The number of aromatic hydroxyl groups is 1. The number of amides is 2. The molecule has 3 rings (SSSR count). The Kier molecular flexibility index (Phi) is 15.3. The van der Waals surface area contributed by atoms with Crippen molar-refractivity contribution < 1.29 is 33.7 Å². The van der Waals surface area contributed by atoms with E-state index < -0.39 is 17.9 Å². The molecule has 1 heterocycles. The van der Waals surface area contributed by atoms with Gasteiger partial charge in [-0.2, -0.15) is 0 Å². The van der Waals surface area contributed by atoms with Crippen molar-refractivity contribution in [3.05, 3.63) is 44.1 Å². The number of halogens is 5. The predicted molar refractivity (Wildman–Crippen MR) is 184 cm³/mol. The number of hydrogen-bond donors (Lipinski definition) is 3. The van der Waals surface area contributed by atoms with Crippen LogP contribution in [0.1, 0.15) is 5.56 Å². The maximum absolute atomic E-state index is 12.5. The molecule has 1 aliphatic rings. The average molecular weight is 1060 g/mol. The topological polar surface area (TPSA) is 126 Å². The van der Waals surface area contributed by atoms with E-state index in [4.69, 9.17) is 14.2 Å². The van der Waals surface area contributed by atoms with Crippen LogP contribution in [-0.2, 0) is 30.3 Å². The lowest BCUT2D eigenvalue weighted by Crippen LogP contribution is -2.48. The highest BCUT2D eigenvalue weighted by Gasteiger charge is 2.24. The molecule has 1 saturated heterocycles. The number of methoxy groups -OCH3 is 1. The second kappa shape index (κ2) is 17.0. The first-order valence-electron chi connectivity index (χ1n) is 11.4. The van der Waals surface area contributed by atoms with Crippen LogP contribution in [0.4, 0.5) is 0 Å². The van der Waals surface area contributed by atoms with Crippen LogP contribution in [0.3, 0.4) is 0 Å². The maximum atomic E-state index is 12.5. The van der Waals surface area contributed by atoms with E-state index in [2.05, 4.69) is 55.8 Å². The van der Waals surface area contributed by atoms with Crippen LogP contribution in [0.15, 0.2) is 24.3 Å². The van der Waals surface area contributed by atoms with Gasteiger partial charge in [-0.05, 0) is 120 Å². The van der Waals surface area contributed by atoms with Gasteiger partial charge in [-0.15, -0.1) is 17.0 Å². The lowest BCUT2D eigenvalue weighted by atomic mass is 10.1. The molecule has 0 bridgehead atoms. The van der Waals surface area contributed by atoms with E-state index in [1.54, 1.807) is 17.0 Å². The third kappa shape index (κ3) is 10.5. The summed E-state index contributed by atoms with van der Waals surface area (Å²) in [5, 5.41) is 15.8. The third-order valence-electron chi connectivity index (χ3n) is 5.46. The van der Waals surface area contributed by atoms with Gasteiger partial charge in [-0.1, -0.05) is 0 Å². The fourth-order valence-electron chi connectivity index (χ4n) is 3.59. The molecule has 0 spiro atoms. The molecule has 1 atom stereocenters. The number of nitrogens with one attached hydrogen (secondary N) is 2. The summed E-state index contributed by atoms with van der Waals surface area (Å²) in [6.45, 7) is 2.12. The molecule has 3 N–H and O–H groups in total. The summed E-state index contributed by atoms with van der Waals surface area (Å²) in [4.78, 5) is 38.8. The minimum atomic E-state index is -0.932. The van der Waals surface area contributed by atoms with Crippen molar-refractivity contribution in [1.82, 2.24) is 15.5 Å². The van der Waals surface area contributed by atoms with Crippen LogP contribution in [-0.4, -0.2) is 80.3 Å². The van der Waals surface area contributed by atoms with Crippen LogP contribution in [0.25, 0.3) is 0 Å². The summed E-state index contributed by atoms with van der Waals surface area (Å²) in [5.74, 6) is 0.171. The zero-order valence-electron chi connectivity index (χ0n) is 20.6. The van der Waals surface area contributed by atoms with Crippen molar-refractivity contribution in [2.24, 2.45) is 0 Å². The van der Waals surface area contributed by atoms with E-state index in [0.717, 1.165) is 25.8 Å². The molecule has 39 heavy (non-hydrogen) atoms. The van der Waals surface area contributed by atoms with Crippen LogP contribution in [0, 0.1) is 14.3 Å². The molecule has 0 saturated carbocycles. The molecule has 1 fully saturated rings. The molecule has 15 heteroatoms. The molecule has 0 aromatic heterocycles. The number of benzene rings is 2. The lowest BCUT2D eigenvalue weighted by molar-refractivity contribution is -0.146. The molecular weight excluding hydrogens is 1030 g/mol. The van der Waals surface area contributed by atoms with Gasteiger partial charge >= 0.3 is 5.97 Å². The van der Waals surface area contributed by atoms with Crippen molar-refractivity contribution in [2.45, 2.75) is 12.5 Å². The molecular formula is C24H26BrI4N3O7. The monoisotopic (exact) mass is 1050 g/mol. The second-order valence-electron chi connectivity index (χ2n) is 8.20. The van der Waals surface area contributed by atoms with Crippen molar-refractivity contribution >= 4 is 125 Å². The van der Waals surface area contributed by atoms with E-state index in [1.165, 1.54) is 7.11 Å². The van der Waals surface area contributed by atoms with Crippen LogP contribution >= 0.6 is 107 Å². The number of piperazine rings is 1. The number of phenols is 1. The molecule has 214 valence electrons. The number of phenolic OH excluding ortho intramolecular Hbond substituents is 1. The molecule has 2 amide bonds. The summed E-state index contributed by atoms with van der Waals surface area (Å²) in [7, 11) is 1.26. The Bertz CT molecular complexity index is 1150. The SMILES string of the molecule is Br.COC(=O)C(Cc1cc(I)c(Oc2cc(I)c(O)c(I)c2)c(I)c1)NC(=O)COCC(=O)N1CCNCC1. The van der Waals surface area contributed by atoms with E-state index in [9.17, 15) is 19.5 Å². The quantitative estimate of drug-likeness (QED) is 0.243. The number of carbonyl (C=O) groups is 3. The van der Waals surface area contributed by atoms with Gasteiger partial charge in [0, 0.05) is 32.6 Å². The van der Waals surface area contributed by atoms with Gasteiger partial charge in [0.1, 0.15) is 30.8 Å². The summed E-state index contributed by atoms with van der Waals surface area (Å²) < 4.78 is 19.3. The molecule has 1 unspecified atom stereocenters. The first-order chi connectivity index (χ1) is 18.1. The van der Waals surface area contributed by atoms with Gasteiger partial charge in [0.25, 0.3) is 0 Å². The average Bonchev–Trinajstić information content (AvgIpc) is 2.88. The fraction of sp³-hybridized carbons (Fsp3) is 0.375. The number of carbonyl (C=O) groups excluding carboxylic acids is 3. The second-order valence-corrected chi connectivity index (χ2v) is 12.8. The zero-order chi connectivity index (χ0) is 27.8. The number of esters is 1. The van der Waals surface area contributed by atoms with Gasteiger partial charge in [0.2, 0.25) is 11.8 Å². The largest absolute Gasteiger partial charge is 0.506 e. The molecule has 2 aromatic carbocycles. The Hall–Kier alpha value is -0.230. The molecule has 0 radical (unpaired) electrons. The Balaban J connectivity index is 0.00000533. The van der Waals surface area contributed by atoms with Crippen molar-refractivity contribution in [1.29, 1.82) is 0 Å². The minimum absolute atomic E-state index is 0. The zero-order valence-corrected chi connectivity index (χ0v) is 30.9. The van der Waals surface area contributed by atoms with E-state index >= 15 is 0 Å². The molecule has 10 nitrogen and oxygen atoms in total. The van der Waals surface area contributed by atoms with Crippen molar-refractivity contribution in [3.8, 4) is 17.2 Å². The van der Waals surface area contributed by atoms with E-state index in [-0.39, 0.29) is 48.3 Å². The minimum Gasteiger partial charge on any atom is -0.506 e. The normalized spacial score (nSPS) is 13.7. The Morgan fingerprint density at radius 1 is 1.00 bits per heavy atom. The first-order valence-corrected chi connectivity index (χ1v) is 15.7. The summed E-state index contributed by atoms with van der Waals surface area (Å²) in [5.41, 5.74) is 0.798. The summed E-state index contributed by atoms with van der Waals surface area (Å²) >= 11 is 8.41. The number of nitrogens with zero attached hydrogens (tertiary/aromatic N) is 1. The Labute approximate surface area is 291 Å². The van der Waals surface area contributed by atoms with Crippen molar-refractivity contribution in [3.63, 3.8) is 0 Å².